The zero-order chi connectivity index (χ0) is 15.9. The fourth-order valence-corrected chi connectivity index (χ4v) is 2.46. The molecule has 21 heavy (non-hydrogen) atoms. The SMILES string of the molecule is Cc1csc(CCCCNC(=O)NCC(C)(O)C(C)C)n1. The maximum atomic E-state index is 11.6. The van der Waals surface area contributed by atoms with Crippen molar-refractivity contribution >= 4 is 17.4 Å². The molecule has 0 aliphatic heterocycles. The molecule has 0 saturated heterocycles. The van der Waals surface area contributed by atoms with Crippen LogP contribution in [-0.2, 0) is 6.42 Å². The van der Waals surface area contributed by atoms with Gasteiger partial charge in [-0.05, 0) is 39.0 Å². The van der Waals surface area contributed by atoms with E-state index in [0.717, 1.165) is 30.0 Å². The summed E-state index contributed by atoms with van der Waals surface area (Å²) in [5.41, 5.74) is 0.199. The van der Waals surface area contributed by atoms with Crippen LogP contribution in [0.15, 0.2) is 5.38 Å². The van der Waals surface area contributed by atoms with Gasteiger partial charge in [0, 0.05) is 24.2 Å². The Morgan fingerprint density at radius 2 is 2.14 bits per heavy atom. The minimum Gasteiger partial charge on any atom is -0.388 e. The van der Waals surface area contributed by atoms with Crippen molar-refractivity contribution in [3.05, 3.63) is 16.1 Å². The van der Waals surface area contributed by atoms with Crippen molar-refractivity contribution < 1.29 is 9.90 Å². The molecule has 1 rings (SSSR count). The highest BCUT2D eigenvalue weighted by molar-refractivity contribution is 7.09. The predicted octanol–water partition coefficient (Wildman–Crippen LogP) is 2.48. The van der Waals surface area contributed by atoms with Gasteiger partial charge >= 0.3 is 6.03 Å². The average Bonchev–Trinajstić information content (AvgIpc) is 2.81. The Hall–Kier alpha value is -1.14. The number of nitrogens with one attached hydrogen (secondary N) is 2. The Morgan fingerprint density at radius 3 is 2.71 bits per heavy atom. The molecule has 0 aliphatic rings. The summed E-state index contributed by atoms with van der Waals surface area (Å²) in [4.78, 5) is 16.0. The summed E-state index contributed by atoms with van der Waals surface area (Å²) in [7, 11) is 0. The van der Waals surface area contributed by atoms with E-state index in [1.165, 1.54) is 0 Å². The first-order chi connectivity index (χ1) is 9.81. The molecule has 1 aromatic heterocycles. The lowest BCUT2D eigenvalue weighted by Crippen LogP contribution is -2.47. The van der Waals surface area contributed by atoms with Gasteiger partial charge in [0.05, 0.1) is 10.6 Å². The first kappa shape index (κ1) is 17.9. The number of carbonyl (C=O) groups excluding carboxylic acids is 1. The third-order valence-electron chi connectivity index (χ3n) is 3.62. The number of unbranched alkanes of at least 4 members (excludes halogenated alkanes) is 1. The summed E-state index contributed by atoms with van der Waals surface area (Å²) >= 11 is 1.69. The van der Waals surface area contributed by atoms with Crippen LogP contribution in [0, 0.1) is 12.8 Å². The maximum absolute atomic E-state index is 11.6. The molecule has 0 saturated carbocycles. The second-order valence-electron chi connectivity index (χ2n) is 5.96. The van der Waals surface area contributed by atoms with Crippen LogP contribution in [0.2, 0.25) is 0 Å². The van der Waals surface area contributed by atoms with E-state index in [9.17, 15) is 9.90 Å². The normalized spacial score (nSPS) is 14.0. The third kappa shape index (κ3) is 6.91. The highest BCUT2D eigenvalue weighted by Crippen LogP contribution is 2.14. The van der Waals surface area contributed by atoms with Crippen molar-refractivity contribution in [1.29, 1.82) is 0 Å². The Balaban J connectivity index is 2.08. The molecule has 120 valence electrons. The molecular formula is C15H27N3O2S. The van der Waals surface area contributed by atoms with Gasteiger partial charge in [-0.2, -0.15) is 0 Å². The second-order valence-corrected chi connectivity index (χ2v) is 6.90. The lowest BCUT2D eigenvalue weighted by molar-refractivity contribution is 0.0166. The number of aromatic nitrogens is 1. The number of urea groups is 1. The molecule has 0 radical (unpaired) electrons. The van der Waals surface area contributed by atoms with Crippen LogP contribution in [0.25, 0.3) is 0 Å². The van der Waals surface area contributed by atoms with Crippen molar-refractivity contribution in [2.75, 3.05) is 13.1 Å². The van der Waals surface area contributed by atoms with Gasteiger partial charge in [-0.25, -0.2) is 9.78 Å². The van der Waals surface area contributed by atoms with E-state index in [-0.39, 0.29) is 18.5 Å². The van der Waals surface area contributed by atoms with E-state index in [0.29, 0.717) is 6.54 Å². The zero-order valence-corrected chi connectivity index (χ0v) is 14.2. The number of thiazole rings is 1. The summed E-state index contributed by atoms with van der Waals surface area (Å²) in [6.07, 6.45) is 2.90. The number of nitrogens with zero attached hydrogens (tertiary/aromatic N) is 1. The number of hydrogen-bond acceptors (Lipinski definition) is 4. The maximum Gasteiger partial charge on any atom is 0.314 e. The smallest absolute Gasteiger partial charge is 0.314 e. The molecule has 6 heteroatoms. The lowest BCUT2D eigenvalue weighted by atomic mass is 9.93. The van der Waals surface area contributed by atoms with Gasteiger partial charge in [-0.3, -0.25) is 0 Å². The minimum atomic E-state index is -0.875. The van der Waals surface area contributed by atoms with Crippen LogP contribution in [0.5, 0.6) is 0 Å². The largest absolute Gasteiger partial charge is 0.388 e. The van der Waals surface area contributed by atoms with Crippen LogP contribution in [0.4, 0.5) is 4.79 Å². The van der Waals surface area contributed by atoms with E-state index in [1.54, 1.807) is 18.3 Å². The molecular weight excluding hydrogens is 286 g/mol. The average molecular weight is 313 g/mol. The molecule has 0 spiro atoms. The van der Waals surface area contributed by atoms with Crippen LogP contribution in [0.1, 0.15) is 44.3 Å². The number of amides is 2. The van der Waals surface area contributed by atoms with Gasteiger partial charge in [0.2, 0.25) is 0 Å². The Labute approximate surface area is 131 Å². The highest BCUT2D eigenvalue weighted by atomic mass is 32.1. The van der Waals surface area contributed by atoms with Crippen molar-refractivity contribution in [2.45, 2.75) is 52.6 Å². The first-order valence-corrected chi connectivity index (χ1v) is 8.34. The van der Waals surface area contributed by atoms with Crippen LogP contribution >= 0.6 is 11.3 Å². The van der Waals surface area contributed by atoms with E-state index in [2.05, 4.69) is 21.0 Å². The van der Waals surface area contributed by atoms with Crippen molar-refractivity contribution in [3.63, 3.8) is 0 Å². The van der Waals surface area contributed by atoms with Gasteiger partial charge < -0.3 is 15.7 Å². The van der Waals surface area contributed by atoms with E-state index >= 15 is 0 Å². The molecule has 0 bridgehead atoms. The molecule has 3 N–H and O–H groups in total. The second kappa shape index (κ2) is 8.34. The summed E-state index contributed by atoms with van der Waals surface area (Å²) in [6.45, 7) is 8.49. The van der Waals surface area contributed by atoms with Crippen LogP contribution in [-0.4, -0.2) is 34.8 Å². The fraction of sp³-hybridized carbons (Fsp3) is 0.733. The summed E-state index contributed by atoms with van der Waals surface area (Å²) in [6, 6.07) is -0.221. The molecule has 5 nitrogen and oxygen atoms in total. The van der Waals surface area contributed by atoms with Gasteiger partial charge in [0.15, 0.2) is 0 Å². The Kier molecular flexibility index (Phi) is 7.11. The van der Waals surface area contributed by atoms with Gasteiger partial charge in [0.1, 0.15) is 0 Å². The fourth-order valence-electron chi connectivity index (χ4n) is 1.65. The van der Waals surface area contributed by atoms with Gasteiger partial charge in [0.25, 0.3) is 0 Å². The molecule has 0 aliphatic carbocycles. The summed E-state index contributed by atoms with van der Waals surface area (Å²) in [5.74, 6) is 0.0968. The van der Waals surface area contributed by atoms with Crippen molar-refractivity contribution in [2.24, 2.45) is 5.92 Å². The quantitative estimate of drug-likeness (QED) is 0.646. The topological polar surface area (TPSA) is 74.2 Å². The summed E-state index contributed by atoms with van der Waals surface area (Å²) < 4.78 is 0. The third-order valence-corrected chi connectivity index (χ3v) is 4.65. The first-order valence-electron chi connectivity index (χ1n) is 7.46. The number of rotatable bonds is 8. The highest BCUT2D eigenvalue weighted by Gasteiger charge is 2.25. The number of carbonyl (C=O) groups is 1. The molecule has 0 fully saturated rings. The van der Waals surface area contributed by atoms with E-state index in [4.69, 9.17) is 0 Å². The molecule has 1 aromatic rings. The zero-order valence-electron chi connectivity index (χ0n) is 13.4. The standard InChI is InChI=1S/C15H27N3O2S/c1-11(2)15(4,20)10-17-14(19)16-8-6-5-7-13-18-12(3)9-21-13/h9,11,20H,5-8,10H2,1-4H3,(H2,16,17,19). The molecule has 1 heterocycles. The van der Waals surface area contributed by atoms with Gasteiger partial charge in [-0.15, -0.1) is 11.3 Å². The molecule has 2 amide bonds. The van der Waals surface area contributed by atoms with Crippen molar-refractivity contribution in [3.8, 4) is 0 Å². The minimum absolute atomic E-state index is 0.0968. The van der Waals surface area contributed by atoms with Crippen LogP contribution < -0.4 is 10.6 Å². The predicted molar refractivity (Wildman–Crippen MR) is 86.7 cm³/mol. The molecule has 1 unspecified atom stereocenters. The Morgan fingerprint density at radius 1 is 1.43 bits per heavy atom. The molecule has 1 atom stereocenters. The monoisotopic (exact) mass is 313 g/mol. The van der Waals surface area contributed by atoms with Crippen molar-refractivity contribution in [1.82, 2.24) is 15.6 Å². The number of aliphatic hydroxyl groups is 1. The van der Waals surface area contributed by atoms with Crippen LogP contribution in [0.3, 0.4) is 0 Å². The lowest BCUT2D eigenvalue weighted by Gasteiger charge is -2.27. The Bertz CT molecular complexity index is 444. The van der Waals surface area contributed by atoms with E-state index in [1.807, 2.05) is 20.8 Å². The summed E-state index contributed by atoms with van der Waals surface area (Å²) in [5, 5.41) is 18.8. The van der Waals surface area contributed by atoms with E-state index < -0.39 is 5.60 Å². The number of aryl methyl sites for hydroxylation is 2. The number of hydrogen-bond donors (Lipinski definition) is 3. The van der Waals surface area contributed by atoms with Gasteiger partial charge in [-0.1, -0.05) is 13.8 Å². The molecule has 0 aromatic carbocycles.